The Hall–Kier alpha value is -2.46. The third-order valence-corrected chi connectivity index (χ3v) is 4.15. The Morgan fingerprint density at radius 2 is 1.56 bits per heavy atom. The largest absolute Gasteiger partial charge is 0.385 e. The molecule has 0 saturated heterocycles. The van der Waals surface area contributed by atoms with Crippen LogP contribution in [-0.2, 0) is 9.53 Å². The first-order chi connectivity index (χ1) is 12.1. The van der Waals surface area contributed by atoms with E-state index in [4.69, 9.17) is 4.74 Å². The quantitative estimate of drug-likeness (QED) is 0.515. The van der Waals surface area contributed by atoms with E-state index < -0.39 is 0 Å². The van der Waals surface area contributed by atoms with Crippen LogP contribution in [0.1, 0.15) is 29.6 Å². The minimum Gasteiger partial charge on any atom is -0.385 e. The van der Waals surface area contributed by atoms with E-state index in [2.05, 4.69) is 0 Å². The third kappa shape index (κ3) is 5.84. The Morgan fingerprint density at radius 1 is 0.920 bits per heavy atom. The van der Waals surface area contributed by atoms with Crippen LogP contribution in [0.2, 0.25) is 0 Å². The molecule has 4 nitrogen and oxygen atoms in total. The molecule has 0 N–H and O–H groups in total. The second-order valence-electron chi connectivity index (χ2n) is 6.03. The highest BCUT2D eigenvalue weighted by Gasteiger charge is 2.12. The average molecular weight is 339 g/mol. The van der Waals surface area contributed by atoms with Gasteiger partial charge in [0.15, 0.2) is 5.78 Å². The van der Waals surface area contributed by atoms with Gasteiger partial charge in [-0.2, -0.15) is 0 Å². The lowest BCUT2D eigenvalue weighted by Crippen LogP contribution is -2.28. The second kappa shape index (κ2) is 9.74. The van der Waals surface area contributed by atoms with Gasteiger partial charge in [-0.15, -0.1) is 0 Å². The molecular formula is C21H25NO3. The van der Waals surface area contributed by atoms with Gasteiger partial charge in [0.1, 0.15) is 0 Å². The maximum Gasteiger partial charge on any atom is 0.222 e. The molecule has 4 heteroatoms. The third-order valence-electron chi connectivity index (χ3n) is 4.15. The van der Waals surface area contributed by atoms with Crippen LogP contribution in [0.15, 0.2) is 54.6 Å². The van der Waals surface area contributed by atoms with Gasteiger partial charge >= 0.3 is 0 Å². The summed E-state index contributed by atoms with van der Waals surface area (Å²) in [4.78, 5) is 26.0. The summed E-state index contributed by atoms with van der Waals surface area (Å²) in [5, 5.41) is 0. The average Bonchev–Trinajstić information content (AvgIpc) is 2.66. The number of carbonyl (C=O) groups is 2. The molecule has 0 aliphatic heterocycles. The predicted molar refractivity (Wildman–Crippen MR) is 99.6 cm³/mol. The fourth-order valence-electron chi connectivity index (χ4n) is 2.61. The van der Waals surface area contributed by atoms with Crippen molar-refractivity contribution in [3.63, 3.8) is 0 Å². The maximum absolute atomic E-state index is 12.3. The van der Waals surface area contributed by atoms with Crippen LogP contribution in [0.25, 0.3) is 11.1 Å². The summed E-state index contributed by atoms with van der Waals surface area (Å²) in [6.45, 7) is 1.27. The molecule has 1 amide bonds. The highest BCUT2D eigenvalue weighted by Crippen LogP contribution is 2.20. The zero-order valence-electron chi connectivity index (χ0n) is 14.9. The summed E-state index contributed by atoms with van der Waals surface area (Å²) in [7, 11) is 3.40. The van der Waals surface area contributed by atoms with Gasteiger partial charge in [0.25, 0.3) is 0 Å². The molecule has 2 aromatic rings. The molecule has 0 heterocycles. The van der Waals surface area contributed by atoms with Gasteiger partial charge < -0.3 is 9.64 Å². The van der Waals surface area contributed by atoms with Crippen LogP contribution in [0.3, 0.4) is 0 Å². The summed E-state index contributed by atoms with van der Waals surface area (Å²) in [5.74, 6) is -0.0105. The van der Waals surface area contributed by atoms with Crippen molar-refractivity contribution in [3.8, 4) is 11.1 Å². The van der Waals surface area contributed by atoms with Crippen molar-refractivity contribution in [2.24, 2.45) is 0 Å². The number of Topliss-reactive ketones (excluding diaryl/α,β-unsaturated/α-hetero) is 1. The number of ether oxygens (including phenoxy) is 1. The number of carbonyl (C=O) groups excluding carboxylic acids is 2. The van der Waals surface area contributed by atoms with Crippen LogP contribution in [0.5, 0.6) is 0 Å². The van der Waals surface area contributed by atoms with Crippen LogP contribution in [0, 0.1) is 0 Å². The topological polar surface area (TPSA) is 46.6 Å². The summed E-state index contributed by atoms with van der Waals surface area (Å²) in [6, 6.07) is 17.6. The molecule has 0 saturated carbocycles. The van der Waals surface area contributed by atoms with Crippen molar-refractivity contribution < 1.29 is 14.3 Å². The van der Waals surface area contributed by atoms with Crippen molar-refractivity contribution in [1.29, 1.82) is 0 Å². The normalized spacial score (nSPS) is 10.5. The summed E-state index contributed by atoms with van der Waals surface area (Å²) in [5.41, 5.74) is 2.84. The number of benzene rings is 2. The molecular weight excluding hydrogens is 314 g/mol. The number of ketones is 1. The highest BCUT2D eigenvalue weighted by molar-refractivity contribution is 5.98. The molecule has 0 atom stereocenters. The molecule has 0 bridgehead atoms. The molecule has 0 aliphatic carbocycles. The Bertz CT molecular complexity index is 680. The van der Waals surface area contributed by atoms with Gasteiger partial charge in [0, 0.05) is 45.7 Å². The van der Waals surface area contributed by atoms with E-state index in [0.717, 1.165) is 17.5 Å². The number of methoxy groups -OCH3 is 1. The Kier molecular flexibility index (Phi) is 7.36. The summed E-state index contributed by atoms with van der Waals surface area (Å²) in [6.07, 6.45) is 1.27. The first-order valence-electron chi connectivity index (χ1n) is 8.53. The van der Waals surface area contributed by atoms with Gasteiger partial charge in [-0.1, -0.05) is 54.6 Å². The minimum absolute atomic E-state index is 0.00162. The lowest BCUT2D eigenvalue weighted by molar-refractivity contribution is -0.130. The van der Waals surface area contributed by atoms with Crippen molar-refractivity contribution in [1.82, 2.24) is 4.90 Å². The van der Waals surface area contributed by atoms with Crippen molar-refractivity contribution in [2.75, 3.05) is 27.3 Å². The number of hydrogen-bond acceptors (Lipinski definition) is 3. The molecule has 2 rings (SSSR count). The van der Waals surface area contributed by atoms with Crippen LogP contribution in [0.4, 0.5) is 0 Å². The number of rotatable bonds is 9. The first-order valence-corrected chi connectivity index (χ1v) is 8.53. The molecule has 0 radical (unpaired) electrons. The van der Waals surface area contributed by atoms with E-state index >= 15 is 0 Å². The highest BCUT2D eigenvalue weighted by atomic mass is 16.5. The monoisotopic (exact) mass is 339 g/mol. The minimum atomic E-state index is -0.00893. The molecule has 25 heavy (non-hydrogen) atoms. The predicted octanol–water partition coefficient (Wildman–Crippen LogP) is 3.81. The lowest BCUT2D eigenvalue weighted by atomic mass is 10.0. The fourth-order valence-corrected chi connectivity index (χ4v) is 2.61. The number of amides is 1. The zero-order valence-corrected chi connectivity index (χ0v) is 14.9. The Labute approximate surface area is 149 Å². The van der Waals surface area contributed by atoms with Crippen molar-refractivity contribution in [3.05, 3.63) is 60.2 Å². The van der Waals surface area contributed by atoms with Gasteiger partial charge in [-0.05, 0) is 17.5 Å². The second-order valence-corrected chi connectivity index (χ2v) is 6.03. The van der Waals surface area contributed by atoms with Gasteiger partial charge in [0.2, 0.25) is 5.91 Å². The van der Waals surface area contributed by atoms with Crippen molar-refractivity contribution >= 4 is 11.7 Å². The van der Waals surface area contributed by atoms with E-state index in [-0.39, 0.29) is 24.5 Å². The Balaban J connectivity index is 1.85. The summed E-state index contributed by atoms with van der Waals surface area (Å²) >= 11 is 0. The van der Waals surface area contributed by atoms with Gasteiger partial charge in [-0.25, -0.2) is 0 Å². The fraction of sp³-hybridized carbons (Fsp3) is 0.333. The SMILES string of the molecule is COCCCN(C)C(=O)CCC(=O)c1ccc(-c2ccccc2)cc1. The zero-order chi connectivity index (χ0) is 18.1. The van der Waals surface area contributed by atoms with E-state index in [1.54, 1.807) is 19.1 Å². The molecule has 0 fully saturated rings. The Morgan fingerprint density at radius 3 is 2.20 bits per heavy atom. The number of nitrogens with zero attached hydrogens (tertiary/aromatic N) is 1. The summed E-state index contributed by atoms with van der Waals surface area (Å²) < 4.78 is 4.98. The lowest BCUT2D eigenvalue weighted by Gasteiger charge is -2.16. The number of hydrogen-bond donors (Lipinski definition) is 0. The van der Waals surface area contributed by atoms with E-state index in [1.807, 2.05) is 54.6 Å². The molecule has 0 unspecified atom stereocenters. The molecule has 0 aliphatic rings. The van der Waals surface area contributed by atoms with Crippen LogP contribution < -0.4 is 0 Å². The van der Waals surface area contributed by atoms with Crippen molar-refractivity contribution in [2.45, 2.75) is 19.3 Å². The van der Waals surface area contributed by atoms with E-state index in [9.17, 15) is 9.59 Å². The molecule has 132 valence electrons. The molecule has 0 aromatic heterocycles. The van der Waals surface area contributed by atoms with E-state index in [1.165, 1.54) is 0 Å². The van der Waals surface area contributed by atoms with Crippen LogP contribution in [-0.4, -0.2) is 43.9 Å². The van der Waals surface area contributed by atoms with E-state index in [0.29, 0.717) is 18.7 Å². The van der Waals surface area contributed by atoms with Crippen LogP contribution >= 0.6 is 0 Å². The standard InChI is InChI=1S/C21H25NO3/c1-22(15-6-16-25-2)21(24)14-13-20(23)19-11-9-18(10-12-19)17-7-4-3-5-8-17/h3-5,7-12H,6,13-16H2,1-2H3. The van der Waals surface area contributed by atoms with Gasteiger partial charge in [-0.3, -0.25) is 9.59 Å². The smallest absolute Gasteiger partial charge is 0.222 e. The molecule has 0 spiro atoms. The molecule has 2 aromatic carbocycles. The maximum atomic E-state index is 12.3. The first kappa shape index (κ1) is 18.9. The van der Waals surface area contributed by atoms with Gasteiger partial charge in [0.05, 0.1) is 0 Å².